The van der Waals surface area contributed by atoms with Crippen molar-refractivity contribution in [3.63, 3.8) is 0 Å². The molecule has 3 N–H and O–H groups in total. The Kier molecular flexibility index (Phi) is 3.56. The first-order chi connectivity index (χ1) is 8.11. The van der Waals surface area contributed by atoms with Gasteiger partial charge in [0.2, 0.25) is 5.91 Å². The highest BCUT2D eigenvalue weighted by atomic mass is 35.5. The van der Waals surface area contributed by atoms with Gasteiger partial charge in [-0.15, -0.1) is 11.8 Å². The standard InChI is InChI=1S/C10H10ClN3O2S/c11-6-1-2-7-8(3-6)17-5-10(16)14(7)4-9(15)13-12/h1-3H,4-5,12H2,(H,13,15). The number of carbonyl (C=O) groups is 2. The molecule has 2 rings (SSSR count). The Morgan fingerprint density at radius 3 is 3.06 bits per heavy atom. The normalized spacial score (nSPS) is 14.5. The zero-order chi connectivity index (χ0) is 12.4. The van der Waals surface area contributed by atoms with Crippen LogP contribution < -0.4 is 16.2 Å². The summed E-state index contributed by atoms with van der Waals surface area (Å²) in [6, 6.07) is 5.19. The Labute approximate surface area is 107 Å². The Morgan fingerprint density at radius 1 is 1.59 bits per heavy atom. The molecule has 1 aromatic rings. The highest BCUT2D eigenvalue weighted by Gasteiger charge is 2.26. The van der Waals surface area contributed by atoms with Crippen LogP contribution in [0.4, 0.5) is 5.69 Å². The molecular weight excluding hydrogens is 262 g/mol. The third-order valence-electron chi connectivity index (χ3n) is 2.33. The zero-order valence-electron chi connectivity index (χ0n) is 8.77. The van der Waals surface area contributed by atoms with E-state index in [-0.39, 0.29) is 12.5 Å². The molecule has 0 unspecified atom stereocenters. The van der Waals surface area contributed by atoms with Gasteiger partial charge in [-0.2, -0.15) is 0 Å². The summed E-state index contributed by atoms with van der Waals surface area (Å²) in [6.45, 7) is -0.0788. The molecule has 2 amide bonds. The molecule has 0 aliphatic carbocycles. The number of amides is 2. The summed E-state index contributed by atoms with van der Waals surface area (Å²) in [5.74, 6) is 4.78. The lowest BCUT2D eigenvalue weighted by Crippen LogP contribution is -2.45. The molecule has 0 spiro atoms. The Morgan fingerprint density at radius 2 is 2.35 bits per heavy atom. The van der Waals surface area contributed by atoms with Crippen molar-refractivity contribution >= 4 is 40.9 Å². The highest BCUT2D eigenvalue weighted by molar-refractivity contribution is 8.00. The largest absolute Gasteiger partial charge is 0.301 e. The van der Waals surface area contributed by atoms with Crippen LogP contribution in [-0.4, -0.2) is 24.1 Å². The van der Waals surface area contributed by atoms with Crippen molar-refractivity contribution in [3.05, 3.63) is 23.2 Å². The van der Waals surface area contributed by atoms with Crippen LogP contribution in [0.1, 0.15) is 0 Å². The van der Waals surface area contributed by atoms with Crippen LogP contribution in [0.2, 0.25) is 5.02 Å². The second-order valence-electron chi connectivity index (χ2n) is 3.45. The second-order valence-corrected chi connectivity index (χ2v) is 4.90. The van der Waals surface area contributed by atoms with E-state index in [0.717, 1.165) is 4.90 Å². The van der Waals surface area contributed by atoms with E-state index in [1.165, 1.54) is 16.7 Å². The van der Waals surface area contributed by atoms with Crippen LogP contribution in [0.15, 0.2) is 23.1 Å². The van der Waals surface area contributed by atoms with Gasteiger partial charge >= 0.3 is 0 Å². The van der Waals surface area contributed by atoms with Crippen molar-refractivity contribution in [2.45, 2.75) is 4.90 Å². The maximum absolute atomic E-state index is 11.7. The fraction of sp³-hybridized carbons (Fsp3) is 0.200. The summed E-state index contributed by atoms with van der Waals surface area (Å²) >= 11 is 7.29. The molecule has 0 saturated carbocycles. The van der Waals surface area contributed by atoms with Gasteiger partial charge in [0.05, 0.1) is 11.4 Å². The molecule has 5 nitrogen and oxygen atoms in total. The molecular formula is C10H10ClN3O2S. The van der Waals surface area contributed by atoms with Crippen molar-refractivity contribution in [1.29, 1.82) is 0 Å². The number of rotatable bonds is 2. The third kappa shape index (κ3) is 2.54. The van der Waals surface area contributed by atoms with Gasteiger partial charge in [0.15, 0.2) is 0 Å². The van der Waals surface area contributed by atoms with Gasteiger partial charge < -0.3 is 4.90 Å². The number of anilines is 1. The third-order valence-corrected chi connectivity index (χ3v) is 3.59. The molecule has 0 aromatic heterocycles. The Hall–Kier alpha value is -1.24. The number of nitrogens with two attached hydrogens (primary N) is 1. The summed E-state index contributed by atoms with van der Waals surface area (Å²) < 4.78 is 0. The van der Waals surface area contributed by atoms with Crippen LogP contribution in [0.25, 0.3) is 0 Å². The predicted octanol–water partition coefficient (Wildman–Crippen LogP) is 0.769. The van der Waals surface area contributed by atoms with E-state index < -0.39 is 5.91 Å². The smallest absolute Gasteiger partial charge is 0.253 e. The van der Waals surface area contributed by atoms with Gasteiger partial charge in [0.25, 0.3) is 5.91 Å². The first kappa shape index (κ1) is 12.2. The monoisotopic (exact) mass is 271 g/mol. The summed E-state index contributed by atoms with van der Waals surface area (Å²) in [4.78, 5) is 25.3. The van der Waals surface area contributed by atoms with E-state index in [1.807, 2.05) is 5.43 Å². The summed E-state index contributed by atoms with van der Waals surface area (Å²) in [6.07, 6.45) is 0. The van der Waals surface area contributed by atoms with Crippen molar-refractivity contribution in [2.24, 2.45) is 5.84 Å². The zero-order valence-corrected chi connectivity index (χ0v) is 10.3. The lowest BCUT2D eigenvalue weighted by atomic mass is 10.2. The average Bonchev–Trinajstić information content (AvgIpc) is 2.32. The second kappa shape index (κ2) is 4.95. The van der Waals surface area contributed by atoms with Crippen LogP contribution in [0.5, 0.6) is 0 Å². The van der Waals surface area contributed by atoms with Gasteiger partial charge in [0.1, 0.15) is 6.54 Å². The highest BCUT2D eigenvalue weighted by Crippen LogP contribution is 2.36. The van der Waals surface area contributed by atoms with Crippen LogP contribution >= 0.6 is 23.4 Å². The number of nitrogens with one attached hydrogen (secondary N) is 1. The first-order valence-corrected chi connectivity index (χ1v) is 6.20. The number of fused-ring (bicyclic) bond motifs is 1. The minimum atomic E-state index is -0.411. The molecule has 1 aliphatic rings. The maximum atomic E-state index is 11.7. The maximum Gasteiger partial charge on any atom is 0.253 e. The molecule has 1 aliphatic heterocycles. The molecule has 0 radical (unpaired) electrons. The number of halogens is 1. The van der Waals surface area contributed by atoms with Crippen LogP contribution in [0, 0.1) is 0 Å². The number of hydrazine groups is 1. The fourth-order valence-electron chi connectivity index (χ4n) is 1.54. The van der Waals surface area contributed by atoms with E-state index in [4.69, 9.17) is 17.4 Å². The van der Waals surface area contributed by atoms with Crippen molar-refractivity contribution in [3.8, 4) is 0 Å². The van der Waals surface area contributed by atoms with Gasteiger partial charge in [-0.25, -0.2) is 5.84 Å². The molecule has 17 heavy (non-hydrogen) atoms. The minimum Gasteiger partial charge on any atom is -0.301 e. The van der Waals surface area contributed by atoms with E-state index in [1.54, 1.807) is 18.2 Å². The number of benzene rings is 1. The average molecular weight is 272 g/mol. The molecule has 90 valence electrons. The molecule has 1 heterocycles. The van der Waals surface area contributed by atoms with Gasteiger partial charge in [-0.1, -0.05) is 11.6 Å². The number of hydrogen-bond acceptors (Lipinski definition) is 4. The van der Waals surface area contributed by atoms with Crippen LogP contribution in [0.3, 0.4) is 0 Å². The van der Waals surface area contributed by atoms with Crippen molar-refractivity contribution < 1.29 is 9.59 Å². The van der Waals surface area contributed by atoms with E-state index in [2.05, 4.69) is 0 Å². The molecule has 0 saturated heterocycles. The van der Waals surface area contributed by atoms with Crippen molar-refractivity contribution in [2.75, 3.05) is 17.2 Å². The van der Waals surface area contributed by atoms with Gasteiger partial charge in [-0.05, 0) is 18.2 Å². The lowest BCUT2D eigenvalue weighted by molar-refractivity contribution is -0.123. The quantitative estimate of drug-likeness (QED) is 0.473. The lowest BCUT2D eigenvalue weighted by Gasteiger charge is -2.28. The predicted molar refractivity (Wildman–Crippen MR) is 66.9 cm³/mol. The summed E-state index contributed by atoms with van der Waals surface area (Å²) in [5, 5.41) is 0.605. The minimum absolute atomic E-state index is 0.0788. The molecule has 0 fully saturated rings. The summed E-state index contributed by atoms with van der Waals surface area (Å²) in [5.41, 5.74) is 2.70. The fourth-order valence-corrected chi connectivity index (χ4v) is 2.75. The number of carbonyl (C=O) groups excluding carboxylic acids is 2. The topological polar surface area (TPSA) is 75.4 Å². The van der Waals surface area contributed by atoms with E-state index >= 15 is 0 Å². The number of thioether (sulfide) groups is 1. The molecule has 1 aromatic carbocycles. The first-order valence-electron chi connectivity index (χ1n) is 4.84. The van der Waals surface area contributed by atoms with Gasteiger partial charge in [0, 0.05) is 9.92 Å². The van der Waals surface area contributed by atoms with E-state index in [9.17, 15) is 9.59 Å². The van der Waals surface area contributed by atoms with Gasteiger partial charge in [-0.3, -0.25) is 15.0 Å². The SMILES string of the molecule is NNC(=O)CN1C(=O)CSc2cc(Cl)ccc21. The van der Waals surface area contributed by atoms with Crippen molar-refractivity contribution in [1.82, 2.24) is 5.43 Å². The molecule has 0 bridgehead atoms. The number of nitrogens with zero attached hydrogens (tertiary/aromatic N) is 1. The molecule has 7 heteroatoms. The Balaban J connectivity index is 2.33. The Bertz CT molecular complexity index is 481. The molecule has 0 atom stereocenters. The summed E-state index contributed by atoms with van der Waals surface area (Å²) in [7, 11) is 0. The number of hydrogen-bond donors (Lipinski definition) is 2. The van der Waals surface area contributed by atoms with E-state index in [0.29, 0.717) is 16.5 Å². The van der Waals surface area contributed by atoms with Crippen LogP contribution in [-0.2, 0) is 9.59 Å².